The van der Waals surface area contributed by atoms with Crippen molar-refractivity contribution in [3.8, 4) is 0 Å². The van der Waals surface area contributed by atoms with Crippen molar-refractivity contribution in [2.24, 2.45) is 11.3 Å². The molecule has 1 unspecified atom stereocenters. The van der Waals surface area contributed by atoms with Gasteiger partial charge in [0.05, 0.1) is 6.10 Å². The molecular formula is C12H24INO. The van der Waals surface area contributed by atoms with Crippen LogP contribution in [0.2, 0.25) is 0 Å². The van der Waals surface area contributed by atoms with Gasteiger partial charge in [0.2, 0.25) is 0 Å². The molecule has 0 aromatic carbocycles. The Hall–Kier alpha value is 0.650. The highest BCUT2D eigenvalue weighted by atomic mass is 127. The molecule has 0 aliphatic carbocycles. The summed E-state index contributed by atoms with van der Waals surface area (Å²) >= 11 is 2.03. The minimum Gasteiger partial charge on any atom is -0.311 e. The predicted octanol–water partition coefficient (Wildman–Crippen LogP) is 3.50. The molecule has 1 fully saturated rings. The molecule has 0 aromatic rings. The number of hydrogen-bond acceptors (Lipinski definition) is 2. The van der Waals surface area contributed by atoms with Crippen molar-refractivity contribution in [1.82, 2.24) is 4.90 Å². The first kappa shape index (κ1) is 13.7. The van der Waals surface area contributed by atoms with Crippen LogP contribution in [0.15, 0.2) is 0 Å². The van der Waals surface area contributed by atoms with Gasteiger partial charge in [-0.25, -0.2) is 0 Å². The van der Waals surface area contributed by atoms with Crippen molar-refractivity contribution in [3.63, 3.8) is 0 Å². The molecule has 90 valence electrons. The Morgan fingerprint density at radius 1 is 1.33 bits per heavy atom. The zero-order valence-corrected chi connectivity index (χ0v) is 12.7. The van der Waals surface area contributed by atoms with Crippen molar-refractivity contribution in [1.29, 1.82) is 0 Å². The van der Waals surface area contributed by atoms with E-state index in [9.17, 15) is 0 Å². The van der Waals surface area contributed by atoms with Crippen LogP contribution in [0.3, 0.4) is 0 Å². The van der Waals surface area contributed by atoms with E-state index >= 15 is 0 Å². The molecule has 0 spiro atoms. The summed E-state index contributed by atoms with van der Waals surface area (Å²) in [4.78, 5) is 2.61. The average Bonchev–Trinajstić information content (AvgIpc) is 2.49. The quantitative estimate of drug-likeness (QED) is 0.737. The van der Waals surface area contributed by atoms with E-state index in [-0.39, 0.29) is 0 Å². The van der Waals surface area contributed by atoms with Gasteiger partial charge in [0, 0.05) is 19.1 Å². The average molecular weight is 325 g/mol. The largest absolute Gasteiger partial charge is 0.311 e. The van der Waals surface area contributed by atoms with Gasteiger partial charge in [-0.15, -0.1) is 0 Å². The van der Waals surface area contributed by atoms with Gasteiger partial charge in [-0.3, -0.25) is 4.90 Å². The summed E-state index contributed by atoms with van der Waals surface area (Å²) in [6, 6.07) is 0.661. The van der Waals surface area contributed by atoms with Gasteiger partial charge < -0.3 is 3.07 Å². The van der Waals surface area contributed by atoms with Crippen LogP contribution >= 0.6 is 23.0 Å². The molecule has 2 nitrogen and oxygen atoms in total. The van der Waals surface area contributed by atoms with Crippen LogP contribution in [0.4, 0.5) is 0 Å². The maximum Gasteiger partial charge on any atom is 0.110 e. The third-order valence-corrected chi connectivity index (χ3v) is 3.93. The lowest BCUT2D eigenvalue weighted by Crippen LogP contribution is -2.46. The Balaban J connectivity index is 2.66. The highest BCUT2D eigenvalue weighted by Gasteiger charge is 2.36. The van der Waals surface area contributed by atoms with Crippen LogP contribution in [0.5, 0.6) is 0 Å². The van der Waals surface area contributed by atoms with E-state index in [1.165, 1.54) is 13.0 Å². The number of halogens is 1. The van der Waals surface area contributed by atoms with E-state index in [0.717, 1.165) is 6.54 Å². The summed E-state index contributed by atoms with van der Waals surface area (Å²) in [7, 11) is 0. The fourth-order valence-electron chi connectivity index (χ4n) is 3.05. The van der Waals surface area contributed by atoms with Gasteiger partial charge in [0.15, 0.2) is 0 Å². The molecule has 0 saturated carbocycles. The van der Waals surface area contributed by atoms with Crippen molar-refractivity contribution in [3.05, 3.63) is 0 Å². The van der Waals surface area contributed by atoms with Crippen LogP contribution in [0.1, 0.15) is 41.0 Å². The molecule has 2 atom stereocenters. The van der Waals surface area contributed by atoms with Gasteiger partial charge in [-0.2, -0.15) is 0 Å². The highest BCUT2D eigenvalue weighted by Crippen LogP contribution is 2.33. The van der Waals surface area contributed by atoms with E-state index < -0.39 is 0 Å². The summed E-state index contributed by atoms with van der Waals surface area (Å²) in [6.07, 6.45) is 1.62. The second-order valence-electron chi connectivity index (χ2n) is 6.05. The van der Waals surface area contributed by atoms with E-state index in [1.807, 2.05) is 23.0 Å². The Morgan fingerprint density at radius 3 is 2.27 bits per heavy atom. The first-order valence-corrected chi connectivity index (χ1v) is 6.75. The zero-order valence-electron chi connectivity index (χ0n) is 10.6. The molecule has 0 amide bonds. The Labute approximate surface area is 108 Å². The SMILES string of the molecule is CC(C)[C@H](N1CCC(OI)C1)C(C)(C)C. The topological polar surface area (TPSA) is 12.5 Å². The number of likely N-dealkylation sites (tertiary alicyclic amines) is 1. The maximum atomic E-state index is 5.41. The number of hydrogen-bond donors (Lipinski definition) is 0. The zero-order chi connectivity index (χ0) is 11.6. The van der Waals surface area contributed by atoms with Crippen molar-refractivity contribution in [2.75, 3.05) is 13.1 Å². The van der Waals surface area contributed by atoms with Crippen LogP contribution in [0.25, 0.3) is 0 Å². The van der Waals surface area contributed by atoms with Crippen molar-refractivity contribution >= 4 is 23.0 Å². The predicted molar refractivity (Wildman–Crippen MR) is 73.2 cm³/mol. The third-order valence-electron chi connectivity index (χ3n) is 3.21. The highest BCUT2D eigenvalue weighted by molar-refractivity contribution is 14.1. The van der Waals surface area contributed by atoms with Crippen molar-refractivity contribution < 1.29 is 3.07 Å². The normalized spacial score (nSPS) is 26.2. The lowest BCUT2D eigenvalue weighted by atomic mass is 9.79. The summed E-state index contributed by atoms with van der Waals surface area (Å²) in [5, 5.41) is 0. The molecule has 1 aliphatic rings. The molecule has 3 heteroatoms. The molecule has 1 saturated heterocycles. The summed E-state index contributed by atoms with van der Waals surface area (Å²) in [6.45, 7) is 14.0. The standard InChI is InChI=1S/C12H24INO/c1-9(2)11(12(3,4)5)14-7-6-10(8-14)15-13/h9-11H,6-8H2,1-5H3/t10?,11-/m0/s1. The van der Waals surface area contributed by atoms with Crippen LogP contribution in [0, 0.1) is 11.3 Å². The van der Waals surface area contributed by atoms with Crippen LogP contribution < -0.4 is 0 Å². The fourth-order valence-corrected chi connectivity index (χ4v) is 3.46. The monoisotopic (exact) mass is 325 g/mol. The van der Waals surface area contributed by atoms with Gasteiger partial charge >= 0.3 is 0 Å². The van der Waals surface area contributed by atoms with Gasteiger partial charge in [-0.1, -0.05) is 34.6 Å². The minimum atomic E-state index is 0.355. The van der Waals surface area contributed by atoms with E-state index in [1.54, 1.807) is 0 Å². The molecule has 0 N–H and O–H groups in total. The van der Waals surface area contributed by atoms with Gasteiger partial charge in [-0.05, 0) is 17.8 Å². The Morgan fingerprint density at radius 2 is 1.93 bits per heavy atom. The molecule has 0 aromatic heterocycles. The lowest BCUT2D eigenvalue weighted by molar-refractivity contribution is 0.0766. The van der Waals surface area contributed by atoms with E-state index in [0.29, 0.717) is 23.5 Å². The molecule has 1 heterocycles. The third kappa shape index (κ3) is 3.56. The maximum absolute atomic E-state index is 5.41. The van der Waals surface area contributed by atoms with E-state index in [4.69, 9.17) is 3.07 Å². The second-order valence-corrected chi connectivity index (χ2v) is 6.56. The van der Waals surface area contributed by atoms with Crippen LogP contribution in [-0.2, 0) is 3.07 Å². The first-order valence-electron chi connectivity index (χ1n) is 5.87. The molecule has 1 aliphatic heterocycles. The summed E-state index contributed by atoms with van der Waals surface area (Å²) in [5.41, 5.74) is 0.355. The molecule has 15 heavy (non-hydrogen) atoms. The second kappa shape index (κ2) is 5.32. The molecule has 0 bridgehead atoms. The first-order chi connectivity index (χ1) is 6.86. The molecular weight excluding hydrogens is 301 g/mol. The van der Waals surface area contributed by atoms with Crippen molar-refractivity contribution in [2.45, 2.75) is 53.2 Å². The Kier molecular flexibility index (Phi) is 4.86. The lowest BCUT2D eigenvalue weighted by Gasteiger charge is -2.41. The fraction of sp³-hybridized carbons (Fsp3) is 1.00. The minimum absolute atomic E-state index is 0.355. The number of rotatable bonds is 3. The van der Waals surface area contributed by atoms with Crippen LogP contribution in [-0.4, -0.2) is 30.1 Å². The smallest absolute Gasteiger partial charge is 0.110 e. The summed E-state index contributed by atoms with van der Waals surface area (Å²) in [5.74, 6) is 0.706. The van der Waals surface area contributed by atoms with E-state index in [2.05, 4.69) is 39.5 Å². The van der Waals surface area contributed by atoms with Gasteiger partial charge in [0.25, 0.3) is 0 Å². The summed E-state index contributed by atoms with van der Waals surface area (Å²) < 4.78 is 5.41. The molecule has 1 rings (SSSR count). The molecule has 0 radical (unpaired) electrons. The number of nitrogens with zero attached hydrogens (tertiary/aromatic N) is 1. The Bertz CT molecular complexity index is 200. The van der Waals surface area contributed by atoms with Gasteiger partial charge in [0.1, 0.15) is 23.0 Å².